The zero-order valence-electron chi connectivity index (χ0n) is 33.1. The van der Waals surface area contributed by atoms with Crippen molar-refractivity contribution in [1.29, 1.82) is 0 Å². The Morgan fingerprint density at radius 1 is 0.922 bits per heavy atom. The number of rotatable bonds is 20. The third-order valence-corrected chi connectivity index (χ3v) is 10.7. The van der Waals surface area contributed by atoms with Crippen molar-refractivity contribution in [2.24, 2.45) is 23.7 Å². The lowest BCUT2D eigenvalue weighted by Gasteiger charge is -2.41. The molecule has 12 nitrogen and oxygen atoms in total. The molecule has 0 spiro atoms. The summed E-state index contributed by atoms with van der Waals surface area (Å²) in [7, 11) is 6.57. The maximum atomic E-state index is 14.1. The largest absolute Gasteiger partial charge is 0.386 e. The number of carbonyl (C=O) groups excluding carboxylic acids is 4. The number of amides is 4. The molecule has 1 aliphatic rings. The van der Waals surface area contributed by atoms with E-state index in [0.29, 0.717) is 18.5 Å². The Morgan fingerprint density at radius 3 is 2.04 bits per heavy atom. The Kier molecular flexibility index (Phi) is 18.0. The van der Waals surface area contributed by atoms with Gasteiger partial charge in [-0.05, 0) is 50.1 Å². The van der Waals surface area contributed by atoms with E-state index in [1.165, 1.54) is 0 Å². The van der Waals surface area contributed by atoms with Crippen molar-refractivity contribution in [3.8, 4) is 0 Å². The van der Waals surface area contributed by atoms with E-state index in [2.05, 4.69) is 16.0 Å². The number of ether oxygens (including phenoxy) is 2. The molecular weight excluding hydrogens is 650 g/mol. The fourth-order valence-corrected chi connectivity index (χ4v) is 7.42. The molecule has 1 aliphatic heterocycles. The Balaban J connectivity index is 2.24. The van der Waals surface area contributed by atoms with Crippen molar-refractivity contribution in [3.05, 3.63) is 35.9 Å². The molecular formula is C39H67N5O7. The van der Waals surface area contributed by atoms with Crippen molar-refractivity contribution in [1.82, 2.24) is 25.8 Å². The molecule has 51 heavy (non-hydrogen) atoms. The van der Waals surface area contributed by atoms with E-state index in [1.807, 2.05) is 71.9 Å². The van der Waals surface area contributed by atoms with Gasteiger partial charge in [0.2, 0.25) is 23.6 Å². The summed E-state index contributed by atoms with van der Waals surface area (Å²) in [5.74, 6) is -1.62. The SMILES string of the molecule is CCC(C)C(C(CC(=O)N1CCC[C@H]1C(OC)C(C)C(=O)NC(C)C(O)c1ccccc1)OC)N(C)C(=O)C(NC(=O)C(NC)C(C)C)C(C)C. The first kappa shape index (κ1) is 44.1. The minimum Gasteiger partial charge on any atom is -0.386 e. The van der Waals surface area contributed by atoms with E-state index in [9.17, 15) is 24.3 Å². The fraction of sp³-hybridized carbons (Fsp3) is 0.744. The molecule has 0 saturated carbocycles. The molecule has 1 fully saturated rings. The standard InChI is InChI=1S/C39H67N5O7/c1-13-25(6)34(43(10)39(49)33(24(4)5)42-38(48)32(40-9)23(2)3)30(50-11)22-31(45)44-21-17-20-29(44)36(51-12)26(7)37(47)41-27(8)35(46)28-18-15-14-16-19-28/h14-16,18-19,23-27,29-30,32-36,40,46H,13,17,20-22H2,1-12H3,(H,41,47)(H,42,48)/t25?,26?,27?,29-,30?,32?,33?,34?,35?,36?/m0/s1. The van der Waals surface area contributed by atoms with Gasteiger partial charge in [-0.1, -0.05) is 85.2 Å². The van der Waals surface area contributed by atoms with Crippen LogP contribution in [0.5, 0.6) is 0 Å². The molecule has 0 radical (unpaired) electrons. The third kappa shape index (κ3) is 11.5. The molecule has 1 saturated heterocycles. The van der Waals surface area contributed by atoms with Crippen LogP contribution in [0.1, 0.15) is 92.7 Å². The van der Waals surface area contributed by atoms with Crippen LogP contribution in [0.15, 0.2) is 30.3 Å². The number of benzene rings is 1. The van der Waals surface area contributed by atoms with E-state index in [1.54, 1.807) is 52.0 Å². The monoisotopic (exact) mass is 718 g/mol. The first-order valence-corrected chi connectivity index (χ1v) is 18.7. The molecule has 1 aromatic carbocycles. The van der Waals surface area contributed by atoms with E-state index in [4.69, 9.17) is 9.47 Å². The van der Waals surface area contributed by atoms with Crippen molar-refractivity contribution in [2.45, 2.75) is 130 Å². The smallest absolute Gasteiger partial charge is 0.245 e. The number of likely N-dealkylation sites (tertiary alicyclic amines) is 1. The number of hydrogen-bond acceptors (Lipinski definition) is 8. The van der Waals surface area contributed by atoms with Crippen LogP contribution in [0, 0.1) is 23.7 Å². The van der Waals surface area contributed by atoms with E-state index < -0.39 is 48.4 Å². The highest BCUT2D eigenvalue weighted by molar-refractivity contribution is 5.90. The van der Waals surface area contributed by atoms with Gasteiger partial charge in [0, 0.05) is 27.8 Å². The number of nitrogens with zero attached hydrogens (tertiary/aromatic N) is 2. The summed E-state index contributed by atoms with van der Waals surface area (Å²) in [5, 5.41) is 19.8. The van der Waals surface area contributed by atoms with E-state index in [-0.39, 0.29) is 53.8 Å². The van der Waals surface area contributed by atoms with Crippen molar-refractivity contribution in [2.75, 3.05) is 34.9 Å². The number of carbonyl (C=O) groups is 4. The van der Waals surface area contributed by atoms with Crippen LogP contribution in [0.25, 0.3) is 0 Å². The Morgan fingerprint density at radius 2 is 1.53 bits per heavy atom. The molecule has 1 heterocycles. The lowest BCUT2D eigenvalue weighted by molar-refractivity contribution is -0.148. The summed E-state index contributed by atoms with van der Waals surface area (Å²) in [6.07, 6.45) is 0.147. The molecule has 10 atom stereocenters. The Bertz CT molecular complexity index is 1250. The minimum absolute atomic E-state index is 0.0148. The number of aliphatic hydroxyl groups is 1. The summed E-state index contributed by atoms with van der Waals surface area (Å²) in [6.45, 7) is 15.9. The van der Waals surface area contributed by atoms with Gasteiger partial charge in [-0.25, -0.2) is 0 Å². The van der Waals surface area contributed by atoms with Crippen LogP contribution < -0.4 is 16.0 Å². The molecule has 0 bridgehead atoms. The van der Waals surface area contributed by atoms with E-state index >= 15 is 0 Å². The molecule has 0 aliphatic carbocycles. The van der Waals surface area contributed by atoms with Gasteiger partial charge >= 0.3 is 0 Å². The molecule has 4 amide bonds. The van der Waals surface area contributed by atoms with Gasteiger partial charge in [0.25, 0.3) is 0 Å². The highest BCUT2D eigenvalue weighted by atomic mass is 16.5. The molecule has 9 unspecified atom stereocenters. The third-order valence-electron chi connectivity index (χ3n) is 10.7. The van der Waals surface area contributed by atoms with Crippen LogP contribution in [-0.2, 0) is 28.7 Å². The van der Waals surface area contributed by atoms with Gasteiger partial charge in [0.05, 0.1) is 54.8 Å². The quantitative estimate of drug-likeness (QED) is 0.160. The number of hydrogen-bond donors (Lipinski definition) is 4. The minimum atomic E-state index is -0.875. The van der Waals surface area contributed by atoms with Gasteiger partial charge in [0.1, 0.15) is 6.04 Å². The second kappa shape index (κ2) is 20.8. The van der Waals surface area contributed by atoms with Crippen molar-refractivity contribution >= 4 is 23.6 Å². The summed E-state index contributed by atoms with van der Waals surface area (Å²) in [6, 6.07) is 6.67. The highest BCUT2D eigenvalue weighted by Gasteiger charge is 2.43. The van der Waals surface area contributed by atoms with Crippen LogP contribution in [0.2, 0.25) is 0 Å². The maximum absolute atomic E-state index is 14.1. The summed E-state index contributed by atoms with van der Waals surface area (Å²) in [5.41, 5.74) is 0.711. The first-order chi connectivity index (χ1) is 24.0. The number of methoxy groups -OCH3 is 2. The number of aliphatic hydroxyl groups excluding tert-OH is 1. The molecule has 290 valence electrons. The van der Waals surface area contributed by atoms with Crippen LogP contribution >= 0.6 is 0 Å². The second-order valence-corrected chi connectivity index (χ2v) is 15.0. The fourth-order valence-electron chi connectivity index (χ4n) is 7.42. The zero-order chi connectivity index (χ0) is 38.6. The summed E-state index contributed by atoms with van der Waals surface area (Å²) < 4.78 is 11.9. The summed E-state index contributed by atoms with van der Waals surface area (Å²) >= 11 is 0. The van der Waals surface area contributed by atoms with Gasteiger partial charge in [0.15, 0.2) is 0 Å². The highest BCUT2D eigenvalue weighted by Crippen LogP contribution is 2.30. The molecule has 0 aromatic heterocycles. The predicted octanol–water partition coefficient (Wildman–Crippen LogP) is 3.53. The predicted molar refractivity (Wildman–Crippen MR) is 200 cm³/mol. The van der Waals surface area contributed by atoms with Crippen LogP contribution in [-0.4, -0.2) is 116 Å². The lowest BCUT2D eigenvalue weighted by Crippen LogP contribution is -2.59. The van der Waals surface area contributed by atoms with Gasteiger partial charge in [-0.15, -0.1) is 0 Å². The molecule has 4 N–H and O–H groups in total. The Labute approximate surface area is 306 Å². The normalized spacial score (nSPS) is 20.1. The number of likely N-dealkylation sites (N-methyl/N-ethyl adjacent to an activating group) is 2. The van der Waals surface area contributed by atoms with Gasteiger partial charge in [-0.3, -0.25) is 19.2 Å². The van der Waals surface area contributed by atoms with Gasteiger partial charge < -0.3 is 40.3 Å². The first-order valence-electron chi connectivity index (χ1n) is 18.7. The van der Waals surface area contributed by atoms with Crippen molar-refractivity contribution in [3.63, 3.8) is 0 Å². The molecule has 1 aromatic rings. The number of nitrogens with one attached hydrogen (secondary N) is 3. The van der Waals surface area contributed by atoms with Gasteiger partial charge in [-0.2, -0.15) is 0 Å². The molecule has 2 rings (SSSR count). The Hall–Kier alpha value is -3.06. The maximum Gasteiger partial charge on any atom is 0.245 e. The molecule has 12 heteroatoms. The second-order valence-electron chi connectivity index (χ2n) is 15.0. The topological polar surface area (TPSA) is 150 Å². The average molecular weight is 718 g/mol. The average Bonchev–Trinajstić information content (AvgIpc) is 3.59. The summed E-state index contributed by atoms with van der Waals surface area (Å²) in [4.78, 5) is 58.3. The zero-order valence-corrected chi connectivity index (χ0v) is 33.1. The van der Waals surface area contributed by atoms with Crippen LogP contribution in [0.4, 0.5) is 0 Å². The lowest BCUT2D eigenvalue weighted by atomic mass is 9.89. The van der Waals surface area contributed by atoms with Crippen molar-refractivity contribution < 1.29 is 33.8 Å². The van der Waals surface area contributed by atoms with E-state index in [0.717, 1.165) is 12.8 Å². The van der Waals surface area contributed by atoms with Crippen LogP contribution in [0.3, 0.4) is 0 Å².